The minimum absolute atomic E-state index is 0.202. The number of allylic oxidation sites excluding steroid dienone is 1. The van der Waals surface area contributed by atoms with Gasteiger partial charge in [0.15, 0.2) is 0 Å². The van der Waals surface area contributed by atoms with Gasteiger partial charge in [-0.2, -0.15) is 4.98 Å². The van der Waals surface area contributed by atoms with Crippen molar-refractivity contribution in [2.24, 2.45) is 0 Å². The van der Waals surface area contributed by atoms with E-state index in [1.807, 2.05) is 12.4 Å². The van der Waals surface area contributed by atoms with E-state index in [0.29, 0.717) is 5.95 Å². The van der Waals surface area contributed by atoms with Gasteiger partial charge in [-0.05, 0) is 56.6 Å². The lowest BCUT2D eigenvalue weighted by Crippen LogP contribution is -2.35. The number of nitrogens with zero attached hydrogens (tertiary/aromatic N) is 4. The molecule has 1 unspecified atom stereocenters. The maximum atomic E-state index is 10.2. The number of aliphatic hydroxyl groups is 1. The summed E-state index contributed by atoms with van der Waals surface area (Å²) in [6.07, 6.45) is 14.7. The summed E-state index contributed by atoms with van der Waals surface area (Å²) >= 11 is 0. The standard InChI is InChI=1S/C26H38N6O2/c33-22-8-4-2-1-3-6-13-28-26-30-19-23(25(31-26)27-12-7-5-9-22)24-11-10-21(18-29-24)20-32-14-16-34-17-15-32/h1,3,10-11,18-19,22,33H,2,4-9,12-17,20H2,(H2,27,28,30,31)/b3-1+. The zero-order chi connectivity index (χ0) is 23.4. The maximum absolute atomic E-state index is 10.2. The number of nitrogens with one attached hydrogen (secondary N) is 2. The van der Waals surface area contributed by atoms with Gasteiger partial charge in [0.2, 0.25) is 5.95 Å². The summed E-state index contributed by atoms with van der Waals surface area (Å²) in [6, 6.07) is 4.20. The summed E-state index contributed by atoms with van der Waals surface area (Å²) < 4.78 is 5.44. The van der Waals surface area contributed by atoms with Crippen molar-refractivity contribution in [3.63, 3.8) is 0 Å². The highest BCUT2D eigenvalue weighted by Gasteiger charge is 2.14. The van der Waals surface area contributed by atoms with Crippen molar-refractivity contribution in [3.05, 3.63) is 42.2 Å². The van der Waals surface area contributed by atoms with E-state index in [4.69, 9.17) is 14.7 Å². The van der Waals surface area contributed by atoms with Crippen LogP contribution in [0.15, 0.2) is 36.7 Å². The predicted molar refractivity (Wildman–Crippen MR) is 136 cm³/mol. The number of anilines is 2. The van der Waals surface area contributed by atoms with E-state index in [2.05, 4.69) is 44.8 Å². The number of hydrogen-bond acceptors (Lipinski definition) is 8. The normalized spacial score (nSPS) is 22.2. The van der Waals surface area contributed by atoms with Crippen LogP contribution in [-0.2, 0) is 11.3 Å². The van der Waals surface area contributed by atoms with Crippen LogP contribution in [0.2, 0.25) is 0 Å². The number of rotatable bonds is 3. The molecule has 2 aliphatic rings. The van der Waals surface area contributed by atoms with E-state index in [1.54, 1.807) is 0 Å². The first-order valence-electron chi connectivity index (χ1n) is 12.7. The highest BCUT2D eigenvalue weighted by Crippen LogP contribution is 2.26. The quantitative estimate of drug-likeness (QED) is 0.587. The highest BCUT2D eigenvalue weighted by molar-refractivity contribution is 5.72. The van der Waals surface area contributed by atoms with Crippen LogP contribution < -0.4 is 10.6 Å². The lowest BCUT2D eigenvalue weighted by Gasteiger charge is -2.26. The van der Waals surface area contributed by atoms with E-state index in [9.17, 15) is 5.11 Å². The highest BCUT2D eigenvalue weighted by atomic mass is 16.5. The predicted octanol–water partition coefficient (Wildman–Crippen LogP) is 3.86. The van der Waals surface area contributed by atoms with Crippen molar-refractivity contribution in [3.8, 4) is 11.3 Å². The minimum atomic E-state index is -0.202. The first kappa shape index (κ1) is 24.6. The first-order chi connectivity index (χ1) is 16.8. The summed E-state index contributed by atoms with van der Waals surface area (Å²) in [4.78, 5) is 16.4. The number of ether oxygens (including phenoxy) is 1. The smallest absolute Gasteiger partial charge is 0.224 e. The second-order valence-corrected chi connectivity index (χ2v) is 9.09. The van der Waals surface area contributed by atoms with Gasteiger partial charge >= 0.3 is 0 Å². The number of morpholine rings is 1. The average Bonchev–Trinajstić information content (AvgIpc) is 2.86. The molecule has 0 saturated carbocycles. The van der Waals surface area contributed by atoms with Gasteiger partial charge in [0.25, 0.3) is 0 Å². The second-order valence-electron chi connectivity index (χ2n) is 9.09. The van der Waals surface area contributed by atoms with E-state index in [1.165, 1.54) is 5.56 Å². The maximum Gasteiger partial charge on any atom is 0.224 e. The Labute approximate surface area is 202 Å². The summed E-state index contributed by atoms with van der Waals surface area (Å²) in [7, 11) is 0. The molecule has 4 heterocycles. The van der Waals surface area contributed by atoms with Crippen LogP contribution in [0.1, 0.15) is 50.5 Å². The molecule has 34 heavy (non-hydrogen) atoms. The number of hydrogen-bond donors (Lipinski definition) is 3. The van der Waals surface area contributed by atoms with E-state index >= 15 is 0 Å². The molecule has 0 radical (unpaired) electrons. The Morgan fingerprint density at radius 3 is 2.65 bits per heavy atom. The molecule has 1 saturated heterocycles. The zero-order valence-electron chi connectivity index (χ0n) is 20.1. The topological polar surface area (TPSA) is 95.4 Å². The molecule has 2 bridgehead atoms. The molecule has 0 aromatic carbocycles. The van der Waals surface area contributed by atoms with Gasteiger partial charge in [-0.25, -0.2) is 4.98 Å². The molecule has 184 valence electrons. The Morgan fingerprint density at radius 2 is 1.79 bits per heavy atom. The molecule has 0 aliphatic carbocycles. The lowest BCUT2D eigenvalue weighted by atomic mass is 10.1. The molecular formula is C26H38N6O2. The van der Waals surface area contributed by atoms with Gasteiger partial charge in [0.05, 0.1) is 30.6 Å². The van der Waals surface area contributed by atoms with Crippen molar-refractivity contribution in [1.29, 1.82) is 0 Å². The summed E-state index contributed by atoms with van der Waals surface area (Å²) in [6.45, 7) is 6.00. The van der Waals surface area contributed by atoms with E-state index in [-0.39, 0.29) is 6.10 Å². The molecular weight excluding hydrogens is 428 g/mol. The molecule has 2 aromatic rings. The summed E-state index contributed by atoms with van der Waals surface area (Å²) in [5, 5.41) is 17.0. The second kappa shape index (κ2) is 13.4. The fourth-order valence-electron chi connectivity index (χ4n) is 4.31. The fourth-order valence-corrected chi connectivity index (χ4v) is 4.31. The number of fused-ring (bicyclic) bond motifs is 2. The lowest BCUT2D eigenvalue weighted by molar-refractivity contribution is 0.0341. The Balaban J connectivity index is 1.45. The minimum Gasteiger partial charge on any atom is -0.393 e. The molecule has 3 N–H and O–H groups in total. The summed E-state index contributed by atoms with van der Waals surface area (Å²) in [5.74, 6) is 1.43. The van der Waals surface area contributed by atoms with Crippen molar-refractivity contribution in [2.45, 2.75) is 57.6 Å². The van der Waals surface area contributed by atoms with Crippen LogP contribution in [0.5, 0.6) is 0 Å². The monoisotopic (exact) mass is 466 g/mol. The third kappa shape index (κ3) is 7.75. The SMILES string of the molecule is OC1CCC/C=C/CCNc2ncc(-c3ccc(CN4CCOCC4)cn3)c(n2)NCCCC1. The van der Waals surface area contributed by atoms with Gasteiger partial charge < -0.3 is 20.5 Å². The molecule has 1 atom stereocenters. The molecule has 2 aliphatic heterocycles. The Kier molecular flexibility index (Phi) is 9.66. The van der Waals surface area contributed by atoms with Gasteiger partial charge in [-0.15, -0.1) is 0 Å². The average molecular weight is 467 g/mol. The van der Waals surface area contributed by atoms with Gasteiger partial charge in [0.1, 0.15) is 5.82 Å². The number of aliphatic hydroxyl groups excluding tert-OH is 1. The van der Waals surface area contributed by atoms with E-state index < -0.39 is 0 Å². The van der Waals surface area contributed by atoms with Crippen LogP contribution in [0.3, 0.4) is 0 Å². The summed E-state index contributed by atoms with van der Waals surface area (Å²) in [5.41, 5.74) is 2.97. The molecule has 8 heteroatoms. The Morgan fingerprint density at radius 1 is 0.941 bits per heavy atom. The molecule has 4 rings (SSSR count). The Hall–Kier alpha value is -2.55. The zero-order valence-corrected chi connectivity index (χ0v) is 20.1. The van der Waals surface area contributed by atoms with Crippen molar-refractivity contribution in [1.82, 2.24) is 19.9 Å². The van der Waals surface area contributed by atoms with Gasteiger partial charge in [-0.3, -0.25) is 9.88 Å². The van der Waals surface area contributed by atoms with Crippen LogP contribution in [-0.4, -0.2) is 70.5 Å². The third-order valence-corrected chi connectivity index (χ3v) is 6.32. The third-order valence-electron chi connectivity index (χ3n) is 6.32. The van der Waals surface area contributed by atoms with Gasteiger partial charge in [-0.1, -0.05) is 18.2 Å². The van der Waals surface area contributed by atoms with Crippen LogP contribution in [0, 0.1) is 0 Å². The largest absolute Gasteiger partial charge is 0.393 e. The molecule has 8 nitrogen and oxygen atoms in total. The molecule has 1 fully saturated rings. The van der Waals surface area contributed by atoms with Crippen LogP contribution >= 0.6 is 0 Å². The van der Waals surface area contributed by atoms with Crippen LogP contribution in [0.25, 0.3) is 11.3 Å². The number of aromatic nitrogens is 3. The first-order valence-corrected chi connectivity index (χ1v) is 12.7. The van der Waals surface area contributed by atoms with Gasteiger partial charge in [0, 0.05) is 45.1 Å². The van der Waals surface area contributed by atoms with Crippen molar-refractivity contribution >= 4 is 11.8 Å². The number of pyridine rings is 1. The van der Waals surface area contributed by atoms with Crippen LogP contribution in [0.4, 0.5) is 11.8 Å². The Bertz CT molecular complexity index is 899. The molecule has 0 spiro atoms. The fraction of sp³-hybridized carbons (Fsp3) is 0.577. The van der Waals surface area contributed by atoms with Crippen molar-refractivity contribution in [2.75, 3.05) is 50.0 Å². The molecule has 0 amide bonds. The molecule has 2 aromatic heterocycles. The van der Waals surface area contributed by atoms with E-state index in [0.717, 1.165) is 108 Å². The van der Waals surface area contributed by atoms with Crippen molar-refractivity contribution < 1.29 is 9.84 Å².